The summed E-state index contributed by atoms with van der Waals surface area (Å²) in [6.07, 6.45) is 1.57. The summed E-state index contributed by atoms with van der Waals surface area (Å²) < 4.78 is 0. The topological polar surface area (TPSA) is 63.8 Å². The zero-order valence-electron chi connectivity index (χ0n) is 10.4. The highest BCUT2D eigenvalue weighted by Crippen LogP contribution is 2.22. The van der Waals surface area contributed by atoms with Crippen molar-refractivity contribution in [1.82, 2.24) is 9.97 Å². The summed E-state index contributed by atoms with van der Waals surface area (Å²) in [7, 11) is 0. The van der Waals surface area contributed by atoms with E-state index in [1.54, 1.807) is 6.33 Å². The summed E-state index contributed by atoms with van der Waals surface area (Å²) in [5.74, 6) is 0.831. The molecule has 0 aliphatic heterocycles. The molecule has 0 spiro atoms. The van der Waals surface area contributed by atoms with Gasteiger partial charge in [-0.15, -0.1) is 0 Å². The molecule has 1 aromatic heterocycles. The summed E-state index contributed by atoms with van der Waals surface area (Å²) >= 11 is 0. The predicted molar refractivity (Wildman–Crippen MR) is 70.9 cm³/mol. The van der Waals surface area contributed by atoms with E-state index in [0.717, 1.165) is 16.7 Å². The van der Waals surface area contributed by atoms with Gasteiger partial charge in [-0.2, -0.15) is 0 Å². The van der Waals surface area contributed by atoms with Gasteiger partial charge in [0.2, 0.25) is 0 Å². The van der Waals surface area contributed by atoms with Gasteiger partial charge in [0, 0.05) is 17.0 Å². The molecule has 0 radical (unpaired) electrons. The molecule has 3 N–H and O–H groups in total. The third kappa shape index (κ3) is 2.36. The molecule has 2 aromatic rings. The summed E-state index contributed by atoms with van der Waals surface area (Å²) in [4.78, 5) is 8.53. The molecule has 4 nitrogen and oxygen atoms in total. The van der Waals surface area contributed by atoms with Crippen molar-refractivity contribution in [2.45, 2.75) is 32.4 Å². The van der Waals surface area contributed by atoms with Crippen molar-refractivity contribution in [3.8, 4) is 0 Å². The van der Waals surface area contributed by atoms with E-state index < -0.39 is 0 Å². The normalized spacial score (nSPS) is 13.6. The van der Waals surface area contributed by atoms with E-state index in [1.165, 1.54) is 0 Å². The molecule has 0 bridgehead atoms. The molecule has 0 aliphatic carbocycles. The number of aromatic nitrogens is 2. The number of hydrogen-bond donors (Lipinski definition) is 2. The summed E-state index contributed by atoms with van der Waals surface area (Å²) in [5, 5.41) is 4.40. The molecule has 0 aliphatic rings. The van der Waals surface area contributed by atoms with Crippen LogP contribution in [0, 0.1) is 0 Å². The van der Waals surface area contributed by atoms with Gasteiger partial charge < -0.3 is 11.1 Å². The Morgan fingerprint density at radius 1 is 1.24 bits per heavy atom. The Labute approximate surface area is 101 Å². The van der Waals surface area contributed by atoms with Gasteiger partial charge in [0.1, 0.15) is 12.1 Å². The average Bonchev–Trinajstić information content (AvgIpc) is 2.29. The van der Waals surface area contributed by atoms with Crippen LogP contribution in [-0.4, -0.2) is 21.5 Å². The third-order valence-corrected chi connectivity index (χ3v) is 3.12. The Hall–Kier alpha value is -1.68. The second-order valence-electron chi connectivity index (χ2n) is 4.87. The first-order valence-corrected chi connectivity index (χ1v) is 5.74. The van der Waals surface area contributed by atoms with Crippen molar-refractivity contribution >= 4 is 16.7 Å². The van der Waals surface area contributed by atoms with Crippen LogP contribution in [0.2, 0.25) is 0 Å². The zero-order chi connectivity index (χ0) is 12.5. The average molecular weight is 230 g/mol. The molecule has 4 heteroatoms. The van der Waals surface area contributed by atoms with Crippen molar-refractivity contribution in [2.75, 3.05) is 5.32 Å². The van der Waals surface area contributed by atoms with Crippen molar-refractivity contribution in [3.05, 3.63) is 30.6 Å². The number of nitrogens with one attached hydrogen (secondary N) is 1. The maximum Gasteiger partial charge on any atom is 0.137 e. The Kier molecular flexibility index (Phi) is 2.98. The lowest BCUT2D eigenvalue weighted by Crippen LogP contribution is -2.47. The van der Waals surface area contributed by atoms with Crippen molar-refractivity contribution < 1.29 is 0 Å². The number of para-hydroxylation sites is 1. The summed E-state index contributed by atoms with van der Waals surface area (Å²) in [5.41, 5.74) is 6.68. The van der Waals surface area contributed by atoms with Crippen molar-refractivity contribution in [3.63, 3.8) is 0 Å². The maximum absolute atomic E-state index is 5.96. The number of nitrogens with zero attached hydrogens (tertiary/aromatic N) is 2. The predicted octanol–water partition coefficient (Wildman–Crippen LogP) is 2.17. The van der Waals surface area contributed by atoms with Crippen LogP contribution in [0.15, 0.2) is 30.6 Å². The second kappa shape index (κ2) is 4.30. The minimum Gasteiger partial charge on any atom is -0.363 e. The van der Waals surface area contributed by atoms with Crippen LogP contribution >= 0.6 is 0 Å². The van der Waals surface area contributed by atoms with E-state index in [4.69, 9.17) is 5.73 Å². The molecule has 0 fully saturated rings. The minimum atomic E-state index is -0.211. The molecule has 0 amide bonds. The molecular weight excluding hydrogens is 212 g/mol. The lowest BCUT2D eigenvalue weighted by atomic mass is 9.97. The lowest BCUT2D eigenvalue weighted by Gasteiger charge is -2.31. The van der Waals surface area contributed by atoms with Gasteiger partial charge in [0.25, 0.3) is 0 Å². The fourth-order valence-electron chi connectivity index (χ4n) is 1.52. The largest absolute Gasteiger partial charge is 0.363 e. The molecule has 0 saturated heterocycles. The first-order valence-electron chi connectivity index (χ1n) is 5.74. The number of rotatable bonds is 3. The van der Waals surface area contributed by atoms with E-state index in [-0.39, 0.29) is 11.6 Å². The molecule has 0 saturated carbocycles. The smallest absolute Gasteiger partial charge is 0.137 e. The van der Waals surface area contributed by atoms with E-state index in [2.05, 4.69) is 29.1 Å². The molecule has 1 atom stereocenters. The van der Waals surface area contributed by atoms with Crippen LogP contribution < -0.4 is 11.1 Å². The van der Waals surface area contributed by atoms with Crippen LogP contribution in [0.4, 0.5) is 5.82 Å². The molecule has 17 heavy (non-hydrogen) atoms. The molecular formula is C13H18N4. The number of fused-ring (bicyclic) bond motifs is 1. The Balaban J connectivity index is 2.43. The minimum absolute atomic E-state index is 0.0243. The van der Waals surface area contributed by atoms with Gasteiger partial charge in [-0.25, -0.2) is 9.97 Å². The van der Waals surface area contributed by atoms with Gasteiger partial charge in [0.15, 0.2) is 0 Å². The number of anilines is 1. The summed E-state index contributed by atoms with van der Waals surface area (Å²) in [6.45, 7) is 6.11. The first kappa shape index (κ1) is 11.8. The highest BCUT2D eigenvalue weighted by molar-refractivity contribution is 5.88. The van der Waals surface area contributed by atoms with Crippen LogP contribution in [-0.2, 0) is 0 Å². The third-order valence-electron chi connectivity index (χ3n) is 3.12. The van der Waals surface area contributed by atoms with Crippen LogP contribution in [0.1, 0.15) is 20.8 Å². The van der Waals surface area contributed by atoms with Gasteiger partial charge >= 0.3 is 0 Å². The SMILES string of the molecule is CC(N)C(C)(C)Nc1ncnc2ccccc12. The first-order chi connectivity index (χ1) is 8.00. The van der Waals surface area contributed by atoms with E-state index in [9.17, 15) is 0 Å². The fraction of sp³-hybridized carbons (Fsp3) is 0.385. The van der Waals surface area contributed by atoms with Crippen LogP contribution in [0.5, 0.6) is 0 Å². The van der Waals surface area contributed by atoms with Crippen molar-refractivity contribution in [1.29, 1.82) is 0 Å². The molecule has 2 rings (SSSR count). The van der Waals surface area contributed by atoms with Crippen molar-refractivity contribution in [2.24, 2.45) is 5.73 Å². The monoisotopic (exact) mass is 230 g/mol. The standard InChI is InChI=1S/C13H18N4/c1-9(14)13(2,3)17-12-10-6-4-5-7-11(10)15-8-16-12/h4-9H,14H2,1-3H3,(H,15,16,17). The van der Waals surface area contributed by atoms with Gasteiger partial charge in [-0.1, -0.05) is 12.1 Å². The molecule has 1 unspecified atom stereocenters. The molecule has 90 valence electrons. The lowest BCUT2D eigenvalue weighted by molar-refractivity contribution is 0.469. The molecule has 1 aromatic carbocycles. The van der Waals surface area contributed by atoms with Gasteiger partial charge in [-0.3, -0.25) is 0 Å². The fourth-order valence-corrected chi connectivity index (χ4v) is 1.52. The zero-order valence-corrected chi connectivity index (χ0v) is 10.4. The number of benzene rings is 1. The van der Waals surface area contributed by atoms with Gasteiger partial charge in [-0.05, 0) is 32.9 Å². The highest BCUT2D eigenvalue weighted by atomic mass is 15.1. The number of nitrogens with two attached hydrogens (primary N) is 1. The van der Waals surface area contributed by atoms with Gasteiger partial charge in [0.05, 0.1) is 5.52 Å². The Morgan fingerprint density at radius 2 is 1.94 bits per heavy atom. The van der Waals surface area contributed by atoms with E-state index in [1.807, 2.05) is 31.2 Å². The Morgan fingerprint density at radius 3 is 2.65 bits per heavy atom. The highest BCUT2D eigenvalue weighted by Gasteiger charge is 2.23. The molecule has 1 heterocycles. The quantitative estimate of drug-likeness (QED) is 0.848. The number of hydrogen-bond acceptors (Lipinski definition) is 4. The van der Waals surface area contributed by atoms with E-state index in [0.29, 0.717) is 0 Å². The maximum atomic E-state index is 5.96. The van der Waals surface area contributed by atoms with E-state index >= 15 is 0 Å². The Bertz CT molecular complexity index is 514. The van der Waals surface area contributed by atoms with Crippen LogP contribution in [0.3, 0.4) is 0 Å². The second-order valence-corrected chi connectivity index (χ2v) is 4.87. The summed E-state index contributed by atoms with van der Waals surface area (Å²) in [6, 6.07) is 7.96. The van der Waals surface area contributed by atoms with Crippen LogP contribution in [0.25, 0.3) is 10.9 Å².